The highest BCUT2D eigenvalue weighted by Crippen LogP contribution is 2.72. The Bertz CT molecular complexity index is 1130. The lowest BCUT2D eigenvalue weighted by Crippen LogP contribution is -2.79. The van der Waals surface area contributed by atoms with Crippen molar-refractivity contribution in [2.24, 2.45) is 34.5 Å². The van der Waals surface area contributed by atoms with Crippen molar-refractivity contribution in [3.8, 4) is 0 Å². The number of methoxy groups -OCH3 is 1. The number of carboxylic acids is 2. The molecule has 0 aromatic rings. The van der Waals surface area contributed by atoms with Gasteiger partial charge in [0, 0.05) is 17.4 Å². The van der Waals surface area contributed by atoms with Gasteiger partial charge in [-0.3, -0.25) is 9.59 Å². The minimum Gasteiger partial charge on any atom is -0.481 e. The number of rotatable bonds is 7. The molecule has 0 amide bonds. The minimum absolute atomic E-state index is 0.131. The zero-order valence-corrected chi connectivity index (χ0v) is 22.3. The fourth-order valence-corrected chi connectivity index (χ4v) is 8.08. The molecule has 4 aliphatic rings. The second kappa shape index (κ2) is 9.56. The molecule has 39 heavy (non-hydrogen) atoms. The first-order valence-corrected chi connectivity index (χ1v) is 12.7. The van der Waals surface area contributed by atoms with Crippen LogP contribution in [0.3, 0.4) is 0 Å². The lowest BCUT2D eigenvalue weighted by molar-refractivity contribution is -0.294. The number of hydrogen-bond donors (Lipinski definition) is 4. The van der Waals surface area contributed by atoms with Crippen molar-refractivity contribution < 1.29 is 63.3 Å². The van der Waals surface area contributed by atoms with Crippen molar-refractivity contribution in [2.45, 2.75) is 70.6 Å². The van der Waals surface area contributed by atoms with Crippen LogP contribution in [0.4, 0.5) is 0 Å². The van der Waals surface area contributed by atoms with E-state index < -0.39 is 101 Å². The number of carbonyl (C=O) groups excluding carboxylic acids is 3. The van der Waals surface area contributed by atoms with Gasteiger partial charge in [-0.1, -0.05) is 19.4 Å². The molecule has 13 nitrogen and oxygen atoms in total. The molecule has 4 rings (SSSR count). The monoisotopic (exact) mass is 554 g/mol. The second-order valence-corrected chi connectivity index (χ2v) is 11.6. The topological polar surface area (TPSA) is 203 Å². The van der Waals surface area contributed by atoms with E-state index in [0.717, 1.165) is 13.2 Å². The molecule has 0 radical (unpaired) electrons. The summed E-state index contributed by atoms with van der Waals surface area (Å²) < 4.78 is 22.2. The number of aliphatic carboxylic acids is 2. The van der Waals surface area contributed by atoms with E-state index in [4.69, 9.17) is 18.9 Å². The molecule has 1 spiro atoms. The van der Waals surface area contributed by atoms with Gasteiger partial charge in [0.05, 0.1) is 38.1 Å². The highest BCUT2D eigenvalue weighted by atomic mass is 16.6. The lowest BCUT2D eigenvalue weighted by atomic mass is 9.38. The molecule has 11 atom stereocenters. The van der Waals surface area contributed by atoms with Gasteiger partial charge in [-0.2, -0.15) is 0 Å². The molecule has 4 N–H and O–H groups in total. The number of carboxylic acid groups (broad SMARTS) is 2. The summed E-state index contributed by atoms with van der Waals surface area (Å²) in [6.45, 7) is 5.77. The number of aliphatic hydroxyl groups excluding tert-OH is 2. The molecular weight excluding hydrogens is 520 g/mol. The Kier molecular flexibility index (Phi) is 7.10. The van der Waals surface area contributed by atoms with E-state index in [1.54, 1.807) is 13.8 Å². The maximum atomic E-state index is 13.4. The SMILES string of the molecule is COC(=O)C12OC[C@]34[C@H]([C@@H](O)[C@@H]1O)[C@@](C)(CC(=O)O)[C@H]([C@H](C)C(=O)O)C[C@H]3OC(=O)[C@H](OC(=O)C=C(C)C)[C@@H]24. The van der Waals surface area contributed by atoms with E-state index in [2.05, 4.69) is 0 Å². The van der Waals surface area contributed by atoms with E-state index in [-0.39, 0.29) is 13.0 Å². The van der Waals surface area contributed by atoms with Gasteiger partial charge in [-0.15, -0.1) is 0 Å². The van der Waals surface area contributed by atoms with Crippen molar-refractivity contribution in [2.75, 3.05) is 13.7 Å². The highest BCUT2D eigenvalue weighted by molar-refractivity contribution is 5.89. The van der Waals surface area contributed by atoms with Crippen LogP contribution in [0.25, 0.3) is 0 Å². The summed E-state index contributed by atoms with van der Waals surface area (Å²) in [6.07, 6.45) is -6.40. The number of hydrogen-bond acceptors (Lipinski definition) is 11. The Morgan fingerprint density at radius 3 is 2.33 bits per heavy atom. The Morgan fingerprint density at radius 1 is 1.15 bits per heavy atom. The lowest BCUT2D eigenvalue weighted by Gasteiger charge is -2.66. The van der Waals surface area contributed by atoms with Gasteiger partial charge in [-0.05, 0) is 31.6 Å². The molecule has 1 unspecified atom stereocenters. The van der Waals surface area contributed by atoms with Crippen LogP contribution in [-0.2, 0) is 42.9 Å². The molecular formula is C26H34O13. The molecule has 13 heteroatoms. The van der Waals surface area contributed by atoms with Crippen LogP contribution in [0, 0.1) is 34.5 Å². The third-order valence-corrected chi connectivity index (χ3v) is 9.38. The Balaban J connectivity index is 1.99. The first-order chi connectivity index (χ1) is 18.1. The molecule has 0 aromatic heterocycles. The fourth-order valence-electron chi connectivity index (χ4n) is 8.08. The van der Waals surface area contributed by atoms with E-state index in [0.29, 0.717) is 5.57 Å². The fraction of sp³-hybridized carbons (Fsp3) is 0.731. The number of esters is 3. The largest absolute Gasteiger partial charge is 0.481 e. The zero-order chi connectivity index (χ0) is 29.2. The van der Waals surface area contributed by atoms with E-state index >= 15 is 0 Å². The molecule has 2 saturated heterocycles. The zero-order valence-electron chi connectivity index (χ0n) is 22.3. The summed E-state index contributed by atoms with van der Waals surface area (Å²) in [5.74, 6) is -10.3. The summed E-state index contributed by atoms with van der Waals surface area (Å²) in [5, 5.41) is 42.9. The average molecular weight is 555 g/mol. The summed E-state index contributed by atoms with van der Waals surface area (Å²) >= 11 is 0. The van der Waals surface area contributed by atoms with Gasteiger partial charge in [0.2, 0.25) is 11.7 Å². The highest BCUT2D eigenvalue weighted by Gasteiger charge is 2.85. The van der Waals surface area contributed by atoms with Crippen LogP contribution in [0.15, 0.2) is 11.6 Å². The summed E-state index contributed by atoms with van der Waals surface area (Å²) in [4.78, 5) is 63.6. The smallest absolute Gasteiger partial charge is 0.348 e. The van der Waals surface area contributed by atoms with Gasteiger partial charge in [0.25, 0.3) is 0 Å². The van der Waals surface area contributed by atoms with Crippen LogP contribution >= 0.6 is 0 Å². The minimum atomic E-state index is -2.35. The Hall–Kier alpha value is -3.03. The molecule has 216 valence electrons. The Labute approximate surface area is 224 Å². The van der Waals surface area contributed by atoms with Crippen LogP contribution in [0.2, 0.25) is 0 Å². The number of ether oxygens (including phenoxy) is 4. The molecule has 4 fully saturated rings. The molecule has 2 bridgehead atoms. The van der Waals surface area contributed by atoms with Gasteiger partial charge < -0.3 is 39.4 Å². The van der Waals surface area contributed by atoms with E-state index in [9.17, 15) is 44.4 Å². The standard InChI is InChI=1S/C26H34O13/c1-10(2)6-15(29)39-17-19-25-9-37-26(19,23(35)36-5)20(31)16(30)18(25)24(4,8-14(27)28)12(11(3)21(32)33)7-13(25)38-22(17)34/h6,11-13,16-20,30-31H,7-9H2,1-5H3,(H,27,28)(H,32,33)/t11-,12-,13+,16+,17+,18+,19+,20-,24-,25+,26?/m0/s1. The van der Waals surface area contributed by atoms with Crippen LogP contribution in [0.1, 0.15) is 40.5 Å². The first kappa shape index (κ1) is 29.0. The summed E-state index contributed by atoms with van der Waals surface area (Å²) in [6, 6.07) is 0. The van der Waals surface area contributed by atoms with Crippen molar-refractivity contribution in [1.82, 2.24) is 0 Å². The van der Waals surface area contributed by atoms with Gasteiger partial charge in [0.1, 0.15) is 12.2 Å². The summed E-state index contributed by atoms with van der Waals surface area (Å²) in [5.41, 5.74) is -4.83. The van der Waals surface area contributed by atoms with Crippen molar-refractivity contribution in [3.63, 3.8) is 0 Å². The quantitative estimate of drug-likeness (QED) is 0.185. The van der Waals surface area contributed by atoms with Gasteiger partial charge >= 0.3 is 29.8 Å². The third kappa shape index (κ3) is 3.88. The molecule has 2 saturated carbocycles. The van der Waals surface area contributed by atoms with Gasteiger partial charge in [-0.25, -0.2) is 14.4 Å². The number of carbonyl (C=O) groups is 5. The second-order valence-electron chi connectivity index (χ2n) is 11.6. The number of allylic oxidation sites excluding steroid dienone is 1. The van der Waals surface area contributed by atoms with Crippen molar-refractivity contribution >= 4 is 29.8 Å². The van der Waals surface area contributed by atoms with Gasteiger partial charge in [0.15, 0.2) is 0 Å². The van der Waals surface area contributed by atoms with Crippen molar-refractivity contribution in [3.05, 3.63) is 11.6 Å². The number of aliphatic hydroxyl groups is 2. The molecule has 0 aromatic carbocycles. The third-order valence-electron chi connectivity index (χ3n) is 9.38. The first-order valence-electron chi connectivity index (χ1n) is 12.7. The Morgan fingerprint density at radius 2 is 1.79 bits per heavy atom. The van der Waals surface area contributed by atoms with Crippen LogP contribution in [-0.4, -0.2) is 94.0 Å². The van der Waals surface area contributed by atoms with Crippen LogP contribution < -0.4 is 0 Å². The molecule has 2 aliphatic heterocycles. The van der Waals surface area contributed by atoms with E-state index in [1.807, 2.05) is 0 Å². The average Bonchev–Trinajstić information content (AvgIpc) is 3.13. The van der Waals surface area contributed by atoms with Crippen LogP contribution in [0.5, 0.6) is 0 Å². The normalized spacial score (nSPS) is 42.8. The summed E-state index contributed by atoms with van der Waals surface area (Å²) in [7, 11) is 1.03. The van der Waals surface area contributed by atoms with E-state index in [1.165, 1.54) is 13.8 Å². The van der Waals surface area contributed by atoms with Crippen molar-refractivity contribution in [1.29, 1.82) is 0 Å². The maximum absolute atomic E-state index is 13.4. The molecule has 2 heterocycles. The predicted octanol–water partition coefficient (Wildman–Crippen LogP) is -0.0924. The molecule has 2 aliphatic carbocycles. The predicted molar refractivity (Wildman–Crippen MR) is 127 cm³/mol. The maximum Gasteiger partial charge on any atom is 0.348 e.